The summed E-state index contributed by atoms with van der Waals surface area (Å²) in [5.74, 6) is -0.104. The van der Waals surface area contributed by atoms with E-state index in [-0.39, 0.29) is 24.9 Å². The molecular weight excluding hydrogens is 384 g/mol. The SMILES string of the molecule is Cc1ccc([C@@H](C)NC(=O)CCCN(c2ccc(Cl)cc2)S(C)(=O)=O)cc1. The van der Waals surface area contributed by atoms with E-state index in [1.54, 1.807) is 24.3 Å². The van der Waals surface area contributed by atoms with E-state index in [0.29, 0.717) is 17.1 Å². The molecule has 2 rings (SSSR count). The van der Waals surface area contributed by atoms with Gasteiger partial charge in [0.1, 0.15) is 0 Å². The van der Waals surface area contributed by atoms with E-state index in [4.69, 9.17) is 11.6 Å². The number of rotatable bonds is 8. The Morgan fingerprint density at radius 3 is 2.26 bits per heavy atom. The van der Waals surface area contributed by atoms with Crippen molar-refractivity contribution in [1.82, 2.24) is 5.32 Å². The first-order valence-electron chi connectivity index (χ1n) is 8.76. The molecule has 1 N–H and O–H groups in total. The van der Waals surface area contributed by atoms with Crippen molar-refractivity contribution in [3.8, 4) is 0 Å². The zero-order chi connectivity index (χ0) is 20.0. The topological polar surface area (TPSA) is 66.5 Å². The Hall–Kier alpha value is -2.05. The molecule has 0 saturated carbocycles. The fourth-order valence-electron chi connectivity index (χ4n) is 2.73. The summed E-state index contributed by atoms with van der Waals surface area (Å²) in [6, 6.07) is 14.5. The summed E-state index contributed by atoms with van der Waals surface area (Å²) in [5.41, 5.74) is 2.74. The highest BCUT2D eigenvalue weighted by Gasteiger charge is 2.18. The van der Waals surface area contributed by atoms with Crippen LogP contribution in [0.5, 0.6) is 0 Å². The predicted molar refractivity (Wildman–Crippen MR) is 111 cm³/mol. The molecule has 2 aromatic rings. The second kappa shape index (κ2) is 9.24. The molecule has 0 bridgehead atoms. The van der Waals surface area contributed by atoms with Gasteiger partial charge >= 0.3 is 0 Å². The highest BCUT2D eigenvalue weighted by Crippen LogP contribution is 2.21. The van der Waals surface area contributed by atoms with Crippen molar-refractivity contribution >= 4 is 33.2 Å². The van der Waals surface area contributed by atoms with Crippen LogP contribution in [0.15, 0.2) is 48.5 Å². The number of carbonyl (C=O) groups is 1. The van der Waals surface area contributed by atoms with Gasteiger partial charge in [-0.25, -0.2) is 8.42 Å². The van der Waals surface area contributed by atoms with Crippen LogP contribution in [-0.4, -0.2) is 27.1 Å². The summed E-state index contributed by atoms with van der Waals surface area (Å²) < 4.78 is 25.4. The minimum Gasteiger partial charge on any atom is -0.350 e. The molecule has 7 heteroatoms. The molecule has 5 nitrogen and oxygen atoms in total. The van der Waals surface area contributed by atoms with Crippen molar-refractivity contribution in [2.75, 3.05) is 17.1 Å². The molecule has 0 aliphatic carbocycles. The average Bonchev–Trinajstić information content (AvgIpc) is 2.59. The molecule has 2 aromatic carbocycles. The molecule has 0 spiro atoms. The third-order valence-electron chi connectivity index (χ3n) is 4.23. The van der Waals surface area contributed by atoms with Crippen molar-refractivity contribution in [1.29, 1.82) is 0 Å². The maximum atomic E-state index is 12.2. The number of sulfonamides is 1. The van der Waals surface area contributed by atoms with Gasteiger partial charge in [-0.15, -0.1) is 0 Å². The zero-order valence-corrected chi connectivity index (χ0v) is 17.3. The number of hydrogen-bond acceptors (Lipinski definition) is 3. The van der Waals surface area contributed by atoms with Crippen LogP contribution in [0.3, 0.4) is 0 Å². The van der Waals surface area contributed by atoms with Gasteiger partial charge in [0.05, 0.1) is 18.0 Å². The van der Waals surface area contributed by atoms with Gasteiger partial charge in [-0.05, 0) is 50.1 Å². The van der Waals surface area contributed by atoms with Gasteiger partial charge in [-0.3, -0.25) is 9.10 Å². The second-order valence-corrected chi connectivity index (χ2v) is 8.96. The molecule has 0 radical (unpaired) electrons. The number of halogens is 1. The first-order valence-corrected chi connectivity index (χ1v) is 11.0. The molecule has 0 aliphatic heterocycles. The van der Waals surface area contributed by atoms with Crippen LogP contribution in [-0.2, 0) is 14.8 Å². The third kappa shape index (κ3) is 6.56. The molecule has 0 heterocycles. The van der Waals surface area contributed by atoms with Crippen LogP contribution < -0.4 is 9.62 Å². The maximum Gasteiger partial charge on any atom is 0.232 e. The summed E-state index contributed by atoms with van der Waals surface area (Å²) in [4.78, 5) is 12.2. The first kappa shape index (κ1) is 21.3. The van der Waals surface area contributed by atoms with E-state index in [9.17, 15) is 13.2 Å². The number of amides is 1. The smallest absolute Gasteiger partial charge is 0.232 e. The Morgan fingerprint density at radius 2 is 1.70 bits per heavy atom. The van der Waals surface area contributed by atoms with Crippen molar-refractivity contribution < 1.29 is 13.2 Å². The minimum absolute atomic E-state index is 0.0969. The average molecular weight is 409 g/mol. The van der Waals surface area contributed by atoms with Crippen LogP contribution >= 0.6 is 11.6 Å². The van der Waals surface area contributed by atoms with Crippen molar-refractivity contribution in [2.45, 2.75) is 32.7 Å². The van der Waals surface area contributed by atoms with E-state index < -0.39 is 10.0 Å². The number of aryl methyl sites for hydroxylation is 1. The number of carbonyl (C=O) groups excluding carboxylic acids is 1. The van der Waals surface area contributed by atoms with Gasteiger partial charge in [0, 0.05) is 18.0 Å². The Balaban J connectivity index is 1.91. The highest BCUT2D eigenvalue weighted by molar-refractivity contribution is 7.92. The van der Waals surface area contributed by atoms with E-state index in [0.717, 1.165) is 11.8 Å². The second-order valence-electron chi connectivity index (χ2n) is 6.61. The Bertz CT molecular complexity index is 865. The zero-order valence-electron chi connectivity index (χ0n) is 15.8. The number of anilines is 1. The summed E-state index contributed by atoms with van der Waals surface area (Å²) >= 11 is 5.86. The molecule has 1 amide bonds. The standard InChI is InChI=1S/C20H25ClN2O3S/c1-15-6-8-17(9-7-15)16(2)22-20(24)5-4-14-23(27(3,25)26)19-12-10-18(21)11-13-19/h6-13,16H,4-5,14H2,1-3H3,(H,22,24)/t16-/m1/s1. The van der Waals surface area contributed by atoms with E-state index in [1.165, 1.54) is 9.87 Å². The van der Waals surface area contributed by atoms with Crippen LogP contribution in [0.25, 0.3) is 0 Å². The normalized spacial score (nSPS) is 12.4. The molecule has 0 aromatic heterocycles. The van der Waals surface area contributed by atoms with Crippen LogP contribution in [0, 0.1) is 6.92 Å². The Kier molecular flexibility index (Phi) is 7.27. The van der Waals surface area contributed by atoms with Gasteiger partial charge < -0.3 is 5.32 Å². The van der Waals surface area contributed by atoms with Gasteiger partial charge in [-0.1, -0.05) is 41.4 Å². The quantitative estimate of drug-likeness (QED) is 0.715. The van der Waals surface area contributed by atoms with Gasteiger partial charge in [0.15, 0.2) is 0 Å². The Morgan fingerprint density at radius 1 is 1.11 bits per heavy atom. The van der Waals surface area contributed by atoms with Crippen molar-refractivity contribution in [3.63, 3.8) is 0 Å². The Labute approximate surface area is 166 Å². The lowest BCUT2D eigenvalue weighted by Gasteiger charge is -2.22. The molecule has 0 aliphatic rings. The fraction of sp³-hybridized carbons (Fsp3) is 0.350. The molecule has 0 fully saturated rings. The molecule has 0 saturated heterocycles. The monoisotopic (exact) mass is 408 g/mol. The van der Waals surface area contributed by atoms with E-state index >= 15 is 0 Å². The van der Waals surface area contributed by atoms with E-state index in [1.807, 2.05) is 38.1 Å². The molecular formula is C20H25ClN2O3S. The predicted octanol–water partition coefficient (Wildman–Crippen LogP) is 4.07. The number of nitrogens with one attached hydrogen (secondary N) is 1. The molecule has 0 unspecified atom stereocenters. The summed E-state index contributed by atoms with van der Waals surface area (Å²) in [6.45, 7) is 4.17. The van der Waals surface area contributed by atoms with Crippen LogP contribution in [0.4, 0.5) is 5.69 Å². The molecule has 27 heavy (non-hydrogen) atoms. The third-order valence-corrected chi connectivity index (χ3v) is 5.68. The first-order chi connectivity index (χ1) is 12.7. The number of nitrogens with zero attached hydrogens (tertiary/aromatic N) is 1. The summed E-state index contributed by atoms with van der Waals surface area (Å²) in [7, 11) is -3.44. The highest BCUT2D eigenvalue weighted by atomic mass is 35.5. The van der Waals surface area contributed by atoms with Crippen molar-refractivity contribution in [2.24, 2.45) is 0 Å². The lowest BCUT2D eigenvalue weighted by atomic mass is 10.1. The maximum absolute atomic E-state index is 12.2. The van der Waals surface area contributed by atoms with Gasteiger partial charge in [0.2, 0.25) is 15.9 Å². The lowest BCUT2D eigenvalue weighted by molar-refractivity contribution is -0.121. The fourth-order valence-corrected chi connectivity index (χ4v) is 3.82. The van der Waals surface area contributed by atoms with E-state index in [2.05, 4.69) is 5.32 Å². The molecule has 146 valence electrons. The number of benzene rings is 2. The van der Waals surface area contributed by atoms with Crippen LogP contribution in [0.1, 0.15) is 36.9 Å². The van der Waals surface area contributed by atoms with Crippen molar-refractivity contribution in [3.05, 3.63) is 64.7 Å². The largest absolute Gasteiger partial charge is 0.350 e. The van der Waals surface area contributed by atoms with Gasteiger partial charge in [0.25, 0.3) is 0 Å². The molecule has 1 atom stereocenters. The number of hydrogen-bond donors (Lipinski definition) is 1. The minimum atomic E-state index is -3.44. The summed E-state index contributed by atoms with van der Waals surface area (Å²) in [6.07, 6.45) is 1.82. The van der Waals surface area contributed by atoms with Crippen LogP contribution in [0.2, 0.25) is 5.02 Å². The van der Waals surface area contributed by atoms with Gasteiger partial charge in [-0.2, -0.15) is 0 Å². The summed E-state index contributed by atoms with van der Waals surface area (Å²) in [5, 5.41) is 3.49. The lowest BCUT2D eigenvalue weighted by Crippen LogP contribution is -2.32.